The average molecular weight is 534 g/mol. The van der Waals surface area contributed by atoms with Crippen LogP contribution in [0.25, 0.3) is 0 Å². The smallest absolute Gasteiger partial charge is 0.339 e. The van der Waals surface area contributed by atoms with Crippen molar-refractivity contribution >= 4 is 23.5 Å². The third kappa shape index (κ3) is 8.38. The molecule has 0 spiro atoms. The Bertz CT molecular complexity index is 1260. The predicted molar refractivity (Wildman–Crippen MR) is 149 cm³/mol. The van der Waals surface area contributed by atoms with E-state index >= 15 is 0 Å². The lowest BCUT2D eigenvalue weighted by molar-refractivity contribution is 0.0600. The van der Waals surface area contributed by atoms with E-state index in [-0.39, 0.29) is 11.9 Å². The van der Waals surface area contributed by atoms with Crippen LogP contribution < -0.4 is 5.32 Å². The zero-order chi connectivity index (χ0) is 27.5. The van der Waals surface area contributed by atoms with Gasteiger partial charge in [-0.15, -0.1) is 0 Å². The van der Waals surface area contributed by atoms with Crippen LogP contribution in [0, 0.1) is 0 Å². The number of nitrogens with zero attached hydrogens (tertiary/aromatic N) is 2. The number of esters is 1. The molecule has 198 valence electrons. The summed E-state index contributed by atoms with van der Waals surface area (Å²) in [6, 6.07) is 16.2. The van der Waals surface area contributed by atoms with Crippen LogP contribution in [0.4, 0.5) is 0 Å². The number of pyridine rings is 1. The Balaban J connectivity index is 1.60. The highest BCUT2D eigenvalue weighted by atomic mass is 35.5. The SMILES string of the molecule is C=CC=CC(Cc1ccc(C(=O)N(C)Cc2cncc(C(=O)OC)c2)cc1)NCC(O)c1ccc(Cl)cc1. The van der Waals surface area contributed by atoms with Gasteiger partial charge in [-0.1, -0.05) is 60.7 Å². The molecule has 2 unspecified atom stereocenters. The first-order valence-corrected chi connectivity index (χ1v) is 12.5. The molecule has 0 aliphatic heterocycles. The van der Waals surface area contributed by atoms with Crippen LogP contribution in [0.15, 0.2) is 91.8 Å². The summed E-state index contributed by atoms with van der Waals surface area (Å²) in [5.74, 6) is -0.619. The summed E-state index contributed by atoms with van der Waals surface area (Å²) < 4.78 is 4.73. The summed E-state index contributed by atoms with van der Waals surface area (Å²) >= 11 is 5.94. The molecule has 2 aromatic carbocycles. The molecule has 1 heterocycles. The molecule has 2 atom stereocenters. The van der Waals surface area contributed by atoms with Gasteiger partial charge in [-0.3, -0.25) is 9.78 Å². The van der Waals surface area contributed by atoms with Crippen molar-refractivity contribution in [1.29, 1.82) is 0 Å². The van der Waals surface area contributed by atoms with Crippen molar-refractivity contribution in [3.8, 4) is 0 Å². The molecule has 0 aliphatic rings. The maximum atomic E-state index is 13.0. The summed E-state index contributed by atoms with van der Waals surface area (Å²) in [6.45, 7) is 4.40. The van der Waals surface area contributed by atoms with Gasteiger partial charge in [0.25, 0.3) is 5.91 Å². The largest absolute Gasteiger partial charge is 0.465 e. The van der Waals surface area contributed by atoms with Crippen LogP contribution in [0.1, 0.15) is 43.5 Å². The molecule has 1 amide bonds. The zero-order valence-electron chi connectivity index (χ0n) is 21.5. The van der Waals surface area contributed by atoms with Gasteiger partial charge >= 0.3 is 5.97 Å². The summed E-state index contributed by atoms with van der Waals surface area (Å²) in [5.41, 5.74) is 3.44. The number of methoxy groups -OCH3 is 1. The number of ether oxygens (including phenoxy) is 1. The van der Waals surface area contributed by atoms with Crippen LogP contribution >= 0.6 is 11.6 Å². The Morgan fingerprint density at radius 2 is 1.82 bits per heavy atom. The van der Waals surface area contributed by atoms with Gasteiger partial charge in [0.1, 0.15) is 0 Å². The molecule has 3 rings (SSSR count). The van der Waals surface area contributed by atoms with Crippen molar-refractivity contribution < 1.29 is 19.4 Å². The number of carbonyl (C=O) groups excluding carboxylic acids is 2. The monoisotopic (exact) mass is 533 g/mol. The molecular weight excluding hydrogens is 502 g/mol. The molecule has 0 saturated carbocycles. The first-order valence-electron chi connectivity index (χ1n) is 12.1. The number of rotatable bonds is 12. The molecular formula is C30H32ClN3O4. The maximum absolute atomic E-state index is 13.0. The topological polar surface area (TPSA) is 91.8 Å². The van der Waals surface area contributed by atoms with Gasteiger partial charge in [0.05, 0.1) is 18.8 Å². The molecule has 3 aromatic rings. The van der Waals surface area contributed by atoms with Crippen molar-refractivity contribution in [2.24, 2.45) is 0 Å². The Morgan fingerprint density at radius 3 is 2.47 bits per heavy atom. The standard InChI is InChI=1S/C30H32ClN3O4/c1-4-5-6-27(33-19-28(35)23-11-13-26(31)14-12-23)16-21-7-9-24(10-8-21)29(36)34(2)20-22-15-25(18-32-17-22)30(37)38-3/h4-15,17-18,27-28,33,35H,1,16,19-20H2,2-3H3. The van der Waals surface area contributed by atoms with E-state index in [0.717, 1.165) is 16.7 Å². The number of aromatic nitrogens is 1. The number of allylic oxidation sites excluding steroid dienone is 2. The van der Waals surface area contributed by atoms with E-state index in [1.54, 1.807) is 54.6 Å². The molecule has 0 aliphatic carbocycles. The second-order valence-corrected chi connectivity index (χ2v) is 9.27. The Hall–Kier alpha value is -3.78. The number of carbonyl (C=O) groups is 2. The third-order valence-corrected chi connectivity index (χ3v) is 6.20. The van der Waals surface area contributed by atoms with Gasteiger partial charge in [0, 0.05) is 49.2 Å². The number of benzene rings is 2. The minimum atomic E-state index is -0.675. The van der Waals surface area contributed by atoms with Gasteiger partial charge < -0.3 is 20.1 Å². The minimum absolute atomic E-state index is 0.0474. The first-order chi connectivity index (χ1) is 18.3. The molecule has 0 saturated heterocycles. The molecule has 0 fully saturated rings. The van der Waals surface area contributed by atoms with Crippen molar-refractivity contribution in [2.45, 2.75) is 25.1 Å². The Kier molecular flexibility index (Phi) is 10.8. The number of nitrogens with one attached hydrogen (secondary N) is 1. The second-order valence-electron chi connectivity index (χ2n) is 8.84. The van der Waals surface area contributed by atoms with E-state index in [1.165, 1.54) is 13.3 Å². The maximum Gasteiger partial charge on any atom is 0.339 e. The third-order valence-electron chi connectivity index (χ3n) is 5.95. The predicted octanol–water partition coefficient (Wildman–Crippen LogP) is 4.77. The van der Waals surface area contributed by atoms with E-state index < -0.39 is 12.1 Å². The lowest BCUT2D eigenvalue weighted by Crippen LogP contribution is -2.33. The van der Waals surface area contributed by atoms with Crippen LogP contribution in [-0.4, -0.2) is 53.6 Å². The highest BCUT2D eigenvalue weighted by Gasteiger charge is 2.15. The minimum Gasteiger partial charge on any atom is -0.465 e. The van der Waals surface area contributed by atoms with Crippen molar-refractivity contribution in [2.75, 3.05) is 20.7 Å². The van der Waals surface area contributed by atoms with E-state index in [1.807, 2.05) is 36.4 Å². The fourth-order valence-electron chi connectivity index (χ4n) is 3.89. The van der Waals surface area contributed by atoms with Crippen LogP contribution in [0.3, 0.4) is 0 Å². The molecule has 2 N–H and O–H groups in total. The quantitative estimate of drug-likeness (QED) is 0.257. The fraction of sp³-hybridized carbons (Fsp3) is 0.233. The second kappa shape index (κ2) is 14.2. The zero-order valence-corrected chi connectivity index (χ0v) is 22.3. The van der Waals surface area contributed by atoms with Crippen molar-refractivity contribution in [3.63, 3.8) is 0 Å². The lowest BCUT2D eigenvalue weighted by Gasteiger charge is -2.19. The molecule has 0 bridgehead atoms. The number of aliphatic hydroxyl groups is 1. The van der Waals surface area contributed by atoms with Crippen LogP contribution in [-0.2, 0) is 17.7 Å². The summed E-state index contributed by atoms with van der Waals surface area (Å²) in [5, 5.41) is 14.6. The first kappa shape index (κ1) is 28.8. The number of aliphatic hydroxyl groups excluding tert-OH is 1. The Morgan fingerprint density at radius 1 is 1.11 bits per heavy atom. The highest BCUT2D eigenvalue weighted by Crippen LogP contribution is 2.17. The van der Waals surface area contributed by atoms with Crippen LogP contribution in [0.5, 0.6) is 0 Å². The summed E-state index contributed by atoms with van der Waals surface area (Å²) in [4.78, 5) is 30.4. The summed E-state index contributed by atoms with van der Waals surface area (Å²) in [6.07, 6.45) is 8.60. The van der Waals surface area contributed by atoms with Crippen molar-refractivity contribution in [3.05, 3.63) is 125 Å². The normalized spacial score (nSPS) is 12.6. The van der Waals surface area contributed by atoms with E-state index in [0.29, 0.717) is 35.7 Å². The van der Waals surface area contributed by atoms with Crippen LogP contribution in [0.2, 0.25) is 5.02 Å². The van der Waals surface area contributed by atoms with Gasteiger partial charge in [-0.25, -0.2) is 4.79 Å². The summed E-state index contributed by atoms with van der Waals surface area (Å²) in [7, 11) is 3.01. The molecule has 1 aromatic heterocycles. The van der Waals surface area contributed by atoms with E-state index in [4.69, 9.17) is 16.3 Å². The van der Waals surface area contributed by atoms with Gasteiger partial charge in [0.15, 0.2) is 0 Å². The number of hydrogen-bond donors (Lipinski definition) is 2. The Labute approximate surface area is 228 Å². The fourth-order valence-corrected chi connectivity index (χ4v) is 4.02. The highest BCUT2D eigenvalue weighted by molar-refractivity contribution is 6.30. The lowest BCUT2D eigenvalue weighted by atomic mass is 10.0. The number of hydrogen-bond acceptors (Lipinski definition) is 6. The number of halogens is 1. The van der Waals surface area contributed by atoms with E-state index in [9.17, 15) is 14.7 Å². The molecule has 38 heavy (non-hydrogen) atoms. The molecule has 0 radical (unpaired) electrons. The van der Waals surface area contributed by atoms with Gasteiger partial charge in [-0.2, -0.15) is 0 Å². The average Bonchev–Trinajstić information content (AvgIpc) is 2.94. The van der Waals surface area contributed by atoms with Gasteiger partial charge in [0.2, 0.25) is 0 Å². The van der Waals surface area contributed by atoms with Crippen molar-refractivity contribution in [1.82, 2.24) is 15.2 Å². The number of amides is 1. The molecule has 8 heteroatoms. The van der Waals surface area contributed by atoms with Gasteiger partial charge in [-0.05, 0) is 53.4 Å². The van der Waals surface area contributed by atoms with E-state index in [2.05, 4.69) is 16.9 Å². The molecule has 7 nitrogen and oxygen atoms in total.